The molecule has 3 rings (SSSR count). The van der Waals surface area contributed by atoms with Crippen LogP contribution in [0.1, 0.15) is 46.0 Å². The van der Waals surface area contributed by atoms with Gasteiger partial charge in [0.25, 0.3) is 0 Å². The smallest absolute Gasteiger partial charge is 0.244 e. The van der Waals surface area contributed by atoms with Crippen LogP contribution in [0.3, 0.4) is 0 Å². The van der Waals surface area contributed by atoms with Crippen LogP contribution in [0.2, 0.25) is 0 Å². The van der Waals surface area contributed by atoms with Crippen LogP contribution < -0.4 is 5.32 Å². The van der Waals surface area contributed by atoms with Gasteiger partial charge in [0.2, 0.25) is 5.91 Å². The zero-order chi connectivity index (χ0) is 14.3. The van der Waals surface area contributed by atoms with Crippen LogP contribution in [0.25, 0.3) is 0 Å². The molecule has 1 spiro atoms. The Labute approximate surface area is 122 Å². The summed E-state index contributed by atoms with van der Waals surface area (Å²) in [7, 11) is 2.19. The number of rotatable bonds is 4. The number of piperidine rings is 1. The van der Waals surface area contributed by atoms with E-state index in [9.17, 15) is 4.79 Å². The lowest BCUT2D eigenvalue weighted by molar-refractivity contribution is -0.131. The van der Waals surface area contributed by atoms with Crippen LogP contribution in [-0.4, -0.2) is 54.1 Å². The molecule has 1 amide bonds. The first-order chi connectivity index (χ1) is 9.50. The van der Waals surface area contributed by atoms with Crippen LogP contribution in [0.15, 0.2) is 0 Å². The van der Waals surface area contributed by atoms with E-state index >= 15 is 0 Å². The SMILES string of the molecule is CC(C)CC1NC2(CC2)C(=O)N1CC1CCN(C)CC1. The van der Waals surface area contributed by atoms with Gasteiger partial charge in [-0.3, -0.25) is 10.1 Å². The highest BCUT2D eigenvalue weighted by atomic mass is 16.2. The summed E-state index contributed by atoms with van der Waals surface area (Å²) in [5.41, 5.74) is -0.148. The first kappa shape index (κ1) is 14.3. The molecular weight excluding hydrogens is 250 g/mol. The predicted molar refractivity (Wildman–Crippen MR) is 80.3 cm³/mol. The molecule has 1 N–H and O–H groups in total. The molecule has 0 aromatic carbocycles. The van der Waals surface area contributed by atoms with Gasteiger partial charge < -0.3 is 9.80 Å². The van der Waals surface area contributed by atoms with E-state index in [2.05, 4.69) is 36.0 Å². The molecule has 2 saturated heterocycles. The molecule has 1 saturated carbocycles. The number of nitrogens with one attached hydrogen (secondary N) is 1. The summed E-state index contributed by atoms with van der Waals surface area (Å²) < 4.78 is 0. The Balaban J connectivity index is 1.64. The van der Waals surface area contributed by atoms with Crippen LogP contribution in [-0.2, 0) is 4.79 Å². The first-order valence-corrected chi connectivity index (χ1v) is 8.27. The predicted octanol–water partition coefficient (Wildman–Crippen LogP) is 1.66. The van der Waals surface area contributed by atoms with Crippen molar-refractivity contribution in [3.63, 3.8) is 0 Å². The van der Waals surface area contributed by atoms with Crippen molar-refractivity contribution in [1.29, 1.82) is 0 Å². The van der Waals surface area contributed by atoms with E-state index in [4.69, 9.17) is 0 Å². The number of hydrogen-bond acceptors (Lipinski definition) is 3. The number of nitrogens with zero attached hydrogens (tertiary/aromatic N) is 2. The number of likely N-dealkylation sites (tertiary alicyclic amines) is 1. The molecule has 4 nitrogen and oxygen atoms in total. The van der Waals surface area contributed by atoms with Gasteiger partial charge in [-0.25, -0.2) is 0 Å². The minimum absolute atomic E-state index is 0.148. The van der Waals surface area contributed by atoms with Gasteiger partial charge in [0.05, 0.1) is 11.7 Å². The van der Waals surface area contributed by atoms with Crippen molar-refractivity contribution in [1.82, 2.24) is 15.1 Å². The third kappa shape index (κ3) is 2.73. The quantitative estimate of drug-likeness (QED) is 0.850. The van der Waals surface area contributed by atoms with Gasteiger partial charge in [-0.05, 0) is 64.1 Å². The van der Waals surface area contributed by atoms with Gasteiger partial charge in [-0.2, -0.15) is 0 Å². The summed E-state index contributed by atoms with van der Waals surface area (Å²) in [5, 5.41) is 3.64. The third-order valence-corrected chi connectivity index (χ3v) is 5.23. The molecule has 2 aliphatic heterocycles. The second kappa shape index (κ2) is 5.30. The first-order valence-electron chi connectivity index (χ1n) is 8.27. The fourth-order valence-electron chi connectivity index (χ4n) is 3.72. The maximum Gasteiger partial charge on any atom is 0.244 e. The largest absolute Gasteiger partial charge is 0.325 e. The normalized spacial score (nSPS) is 30.7. The fourth-order valence-corrected chi connectivity index (χ4v) is 3.72. The van der Waals surface area contributed by atoms with Gasteiger partial charge in [-0.15, -0.1) is 0 Å². The van der Waals surface area contributed by atoms with Gasteiger partial charge in [-0.1, -0.05) is 13.8 Å². The van der Waals surface area contributed by atoms with Crippen molar-refractivity contribution >= 4 is 5.91 Å². The summed E-state index contributed by atoms with van der Waals surface area (Å²) in [5.74, 6) is 1.72. The van der Waals surface area contributed by atoms with Gasteiger partial charge >= 0.3 is 0 Å². The zero-order valence-electron chi connectivity index (χ0n) is 13.2. The molecule has 20 heavy (non-hydrogen) atoms. The monoisotopic (exact) mass is 279 g/mol. The maximum atomic E-state index is 12.7. The molecule has 0 aromatic heterocycles. The summed E-state index contributed by atoms with van der Waals surface area (Å²) >= 11 is 0. The van der Waals surface area contributed by atoms with Crippen molar-refractivity contribution in [2.75, 3.05) is 26.7 Å². The molecule has 3 fully saturated rings. The van der Waals surface area contributed by atoms with Crippen molar-refractivity contribution < 1.29 is 4.79 Å². The molecule has 3 aliphatic rings. The van der Waals surface area contributed by atoms with E-state index < -0.39 is 0 Å². The van der Waals surface area contributed by atoms with Gasteiger partial charge in [0.1, 0.15) is 0 Å². The fraction of sp³-hybridized carbons (Fsp3) is 0.938. The van der Waals surface area contributed by atoms with Crippen LogP contribution in [0, 0.1) is 11.8 Å². The van der Waals surface area contributed by atoms with E-state index in [1.165, 1.54) is 25.9 Å². The minimum atomic E-state index is -0.148. The standard InChI is InChI=1S/C16H29N3O/c1-12(2)10-14-17-16(6-7-16)15(20)19(14)11-13-4-8-18(3)9-5-13/h12-14,17H,4-11H2,1-3H3. The minimum Gasteiger partial charge on any atom is -0.325 e. The number of carbonyl (C=O) groups is 1. The molecule has 4 heteroatoms. The average molecular weight is 279 g/mol. The lowest BCUT2D eigenvalue weighted by atomic mass is 9.96. The maximum absolute atomic E-state index is 12.7. The van der Waals surface area contributed by atoms with Crippen LogP contribution in [0.4, 0.5) is 0 Å². The van der Waals surface area contributed by atoms with Crippen molar-refractivity contribution in [3.8, 4) is 0 Å². The molecule has 0 aromatic rings. The summed E-state index contributed by atoms with van der Waals surface area (Å²) in [6, 6.07) is 0. The van der Waals surface area contributed by atoms with Crippen molar-refractivity contribution in [2.45, 2.75) is 57.7 Å². The number of amides is 1. The third-order valence-electron chi connectivity index (χ3n) is 5.23. The highest BCUT2D eigenvalue weighted by Gasteiger charge is 2.59. The second-order valence-corrected chi connectivity index (χ2v) is 7.58. The topological polar surface area (TPSA) is 35.6 Å². The highest BCUT2D eigenvalue weighted by Crippen LogP contribution is 2.43. The lowest BCUT2D eigenvalue weighted by Gasteiger charge is -2.34. The molecule has 1 atom stereocenters. The molecular formula is C16H29N3O. The Kier molecular flexibility index (Phi) is 3.80. The summed E-state index contributed by atoms with van der Waals surface area (Å²) in [6.07, 6.45) is 5.93. The van der Waals surface area contributed by atoms with Crippen molar-refractivity contribution in [3.05, 3.63) is 0 Å². The van der Waals surface area contributed by atoms with E-state index in [-0.39, 0.29) is 11.7 Å². The second-order valence-electron chi connectivity index (χ2n) is 7.58. The van der Waals surface area contributed by atoms with Crippen LogP contribution in [0.5, 0.6) is 0 Å². The van der Waals surface area contributed by atoms with Crippen molar-refractivity contribution in [2.24, 2.45) is 11.8 Å². The highest BCUT2D eigenvalue weighted by molar-refractivity contribution is 5.91. The Hall–Kier alpha value is -0.610. The lowest BCUT2D eigenvalue weighted by Crippen LogP contribution is -2.43. The van der Waals surface area contributed by atoms with E-state index in [1.54, 1.807) is 0 Å². The summed E-state index contributed by atoms with van der Waals surface area (Å²) in [6.45, 7) is 7.83. The van der Waals surface area contributed by atoms with Crippen LogP contribution >= 0.6 is 0 Å². The van der Waals surface area contributed by atoms with E-state index in [1.807, 2.05) is 0 Å². The van der Waals surface area contributed by atoms with Gasteiger partial charge in [0.15, 0.2) is 0 Å². The zero-order valence-corrected chi connectivity index (χ0v) is 13.2. The molecule has 114 valence electrons. The van der Waals surface area contributed by atoms with Gasteiger partial charge in [0, 0.05) is 6.54 Å². The van der Waals surface area contributed by atoms with E-state index in [0.717, 1.165) is 25.8 Å². The molecule has 2 heterocycles. The Morgan fingerprint density at radius 3 is 2.50 bits per heavy atom. The number of carbonyl (C=O) groups excluding carboxylic acids is 1. The molecule has 0 radical (unpaired) electrons. The summed E-state index contributed by atoms with van der Waals surface area (Å²) in [4.78, 5) is 17.3. The Morgan fingerprint density at radius 2 is 1.95 bits per heavy atom. The van der Waals surface area contributed by atoms with E-state index in [0.29, 0.717) is 17.7 Å². The molecule has 1 aliphatic carbocycles. The number of hydrogen-bond donors (Lipinski definition) is 1. The molecule has 1 unspecified atom stereocenters. The average Bonchev–Trinajstić information content (AvgIpc) is 3.12. The Bertz CT molecular complexity index is 370. The Morgan fingerprint density at radius 1 is 1.30 bits per heavy atom. The molecule has 0 bridgehead atoms.